The number of hydrogen-bond acceptors (Lipinski definition) is 3. The van der Waals surface area contributed by atoms with Crippen LogP contribution >= 0.6 is 0 Å². The predicted molar refractivity (Wildman–Crippen MR) is 69.9 cm³/mol. The highest BCUT2D eigenvalue weighted by atomic mass is 19.1. The van der Waals surface area contributed by atoms with E-state index in [1.165, 1.54) is 6.07 Å². The van der Waals surface area contributed by atoms with E-state index in [1.54, 1.807) is 6.07 Å². The van der Waals surface area contributed by atoms with Crippen LogP contribution in [0.2, 0.25) is 0 Å². The Bertz CT molecular complexity index is 378. The first-order valence-electron chi connectivity index (χ1n) is 5.89. The molecule has 0 aliphatic heterocycles. The molecule has 3 nitrogen and oxygen atoms in total. The quantitative estimate of drug-likeness (QED) is 0.776. The number of rotatable bonds is 5. The van der Waals surface area contributed by atoms with E-state index in [-0.39, 0.29) is 11.9 Å². The van der Waals surface area contributed by atoms with Gasteiger partial charge in [0.15, 0.2) is 11.6 Å². The third kappa shape index (κ3) is 4.13. The number of nitrogens with one attached hydrogen (secondary N) is 1. The van der Waals surface area contributed by atoms with Crippen LogP contribution in [0, 0.1) is 11.7 Å². The average molecular weight is 240 g/mol. The fourth-order valence-electron chi connectivity index (χ4n) is 1.38. The zero-order valence-corrected chi connectivity index (χ0v) is 10.9. The van der Waals surface area contributed by atoms with Gasteiger partial charge in [0.05, 0.1) is 17.5 Å². The van der Waals surface area contributed by atoms with E-state index in [0.29, 0.717) is 11.6 Å². The van der Waals surface area contributed by atoms with Gasteiger partial charge in [0.2, 0.25) is 0 Å². The summed E-state index contributed by atoms with van der Waals surface area (Å²) in [5, 5.41) is 3.18. The maximum Gasteiger partial charge on any atom is 0.167 e. The van der Waals surface area contributed by atoms with Crippen molar-refractivity contribution in [1.29, 1.82) is 0 Å². The zero-order valence-electron chi connectivity index (χ0n) is 10.9. The Morgan fingerprint density at radius 1 is 1.29 bits per heavy atom. The molecule has 0 atom stereocenters. The summed E-state index contributed by atoms with van der Waals surface area (Å²) in [6.45, 7) is 8.70. The number of nitrogens with two attached hydrogens (primary N) is 1. The van der Waals surface area contributed by atoms with Crippen LogP contribution in [-0.4, -0.2) is 12.6 Å². The van der Waals surface area contributed by atoms with Crippen LogP contribution in [0.1, 0.15) is 27.7 Å². The highest BCUT2D eigenvalue weighted by Gasteiger charge is 2.10. The Kier molecular flexibility index (Phi) is 4.61. The molecule has 0 spiro atoms. The Morgan fingerprint density at radius 3 is 2.47 bits per heavy atom. The molecule has 0 saturated heterocycles. The minimum atomic E-state index is -0.425. The largest absolute Gasteiger partial charge is 0.488 e. The minimum absolute atomic E-state index is 0.0638. The van der Waals surface area contributed by atoms with Gasteiger partial charge in [-0.05, 0) is 19.8 Å². The summed E-state index contributed by atoms with van der Waals surface area (Å²) >= 11 is 0. The number of nitrogen functional groups attached to an aromatic ring is 1. The third-order valence-corrected chi connectivity index (χ3v) is 2.17. The molecule has 0 radical (unpaired) electrons. The molecule has 3 N–H and O–H groups in total. The Balaban J connectivity index is 2.89. The average Bonchev–Trinajstić information content (AvgIpc) is 2.19. The molecular weight excluding hydrogens is 219 g/mol. The molecule has 96 valence electrons. The monoisotopic (exact) mass is 240 g/mol. The van der Waals surface area contributed by atoms with Gasteiger partial charge in [0.25, 0.3) is 0 Å². The van der Waals surface area contributed by atoms with Gasteiger partial charge < -0.3 is 15.8 Å². The van der Waals surface area contributed by atoms with Crippen molar-refractivity contribution in [3.05, 3.63) is 17.9 Å². The number of ether oxygens (including phenoxy) is 1. The molecule has 0 amide bonds. The second-order valence-electron chi connectivity index (χ2n) is 4.81. The van der Waals surface area contributed by atoms with Crippen LogP contribution < -0.4 is 15.8 Å². The van der Waals surface area contributed by atoms with Crippen molar-refractivity contribution >= 4 is 11.4 Å². The number of halogens is 1. The Hall–Kier alpha value is -1.45. The van der Waals surface area contributed by atoms with E-state index < -0.39 is 5.82 Å². The molecule has 0 aliphatic rings. The van der Waals surface area contributed by atoms with Crippen molar-refractivity contribution in [1.82, 2.24) is 0 Å². The molecule has 4 heteroatoms. The highest BCUT2D eigenvalue weighted by molar-refractivity contribution is 5.68. The third-order valence-electron chi connectivity index (χ3n) is 2.17. The van der Waals surface area contributed by atoms with Crippen molar-refractivity contribution in [3.8, 4) is 5.75 Å². The molecule has 0 bridgehead atoms. The van der Waals surface area contributed by atoms with E-state index >= 15 is 0 Å². The molecule has 0 aromatic heterocycles. The van der Waals surface area contributed by atoms with Crippen molar-refractivity contribution in [2.75, 3.05) is 17.6 Å². The van der Waals surface area contributed by atoms with E-state index in [1.807, 2.05) is 13.8 Å². The van der Waals surface area contributed by atoms with Gasteiger partial charge in [-0.25, -0.2) is 4.39 Å². The maximum atomic E-state index is 13.6. The zero-order chi connectivity index (χ0) is 13.0. The Morgan fingerprint density at radius 2 is 1.94 bits per heavy atom. The van der Waals surface area contributed by atoms with Crippen LogP contribution in [0.25, 0.3) is 0 Å². The SMILES string of the molecule is CC(C)CNc1cc(OC(C)C)c(F)cc1N. The second-order valence-corrected chi connectivity index (χ2v) is 4.81. The van der Waals surface area contributed by atoms with Gasteiger partial charge in [0.1, 0.15) is 0 Å². The molecule has 0 unspecified atom stereocenters. The first kappa shape index (κ1) is 13.6. The number of hydrogen-bond donors (Lipinski definition) is 2. The summed E-state index contributed by atoms with van der Waals surface area (Å²) in [7, 11) is 0. The first-order chi connectivity index (χ1) is 7.90. The molecule has 1 rings (SSSR count). The molecule has 0 heterocycles. The van der Waals surface area contributed by atoms with Crippen molar-refractivity contribution < 1.29 is 9.13 Å². The van der Waals surface area contributed by atoms with Gasteiger partial charge in [-0.15, -0.1) is 0 Å². The summed E-state index contributed by atoms with van der Waals surface area (Å²) in [5.74, 6) is 0.306. The topological polar surface area (TPSA) is 47.3 Å². The summed E-state index contributed by atoms with van der Waals surface area (Å²) in [5.41, 5.74) is 6.87. The summed E-state index contributed by atoms with van der Waals surface area (Å²) in [4.78, 5) is 0. The van der Waals surface area contributed by atoms with Gasteiger partial charge in [-0.2, -0.15) is 0 Å². The fraction of sp³-hybridized carbons (Fsp3) is 0.538. The summed E-state index contributed by atoms with van der Waals surface area (Å²) in [6, 6.07) is 2.91. The van der Waals surface area contributed by atoms with Gasteiger partial charge in [-0.3, -0.25) is 0 Å². The summed E-state index contributed by atoms with van der Waals surface area (Å²) < 4.78 is 18.9. The van der Waals surface area contributed by atoms with Crippen LogP contribution in [-0.2, 0) is 0 Å². The molecule has 17 heavy (non-hydrogen) atoms. The number of anilines is 2. The molecule has 0 fully saturated rings. The predicted octanol–water partition coefficient (Wildman–Crippen LogP) is 3.26. The van der Waals surface area contributed by atoms with Crippen LogP contribution in [0.15, 0.2) is 12.1 Å². The van der Waals surface area contributed by atoms with Crippen molar-refractivity contribution in [2.45, 2.75) is 33.8 Å². The maximum absolute atomic E-state index is 13.6. The van der Waals surface area contributed by atoms with Crippen LogP contribution in [0.5, 0.6) is 5.75 Å². The fourth-order valence-corrected chi connectivity index (χ4v) is 1.38. The van der Waals surface area contributed by atoms with Gasteiger partial charge in [0, 0.05) is 18.7 Å². The lowest BCUT2D eigenvalue weighted by Gasteiger charge is -2.15. The lowest BCUT2D eigenvalue weighted by molar-refractivity contribution is 0.231. The Labute approximate surface area is 102 Å². The molecular formula is C13H21FN2O. The van der Waals surface area contributed by atoms with E-state index in [9.17, 15) is 4.39 Å². The number of benzene rings is 1. The normalized spacial score (nSPS) is 11.0. The smallest absolute Gasteiger partial charge is 0.167 e. The minimum Gasteiger partial charge on any atom is -0.488 e. The van der Waals surface area contributed by atoms with Crippen LogP contribution in [0.3, 0.4) is 0 Å². The second kappa shape index (κ2) is 5.75. The van der Waals surface area contributed by atoms with E-state index in [2.05, 4.69) is 19.2 Å². The molecule has 1 aromatic rings. The summed E-state index contributed by atoms with van der Waals surface area (Å²) in [6.07, 6.45) is -0.0638. The van der Waals surface area contributed by atoms with Crippen molar-refractivity contribution in [3.63, 3.8) is 0 Å². The lowest BCUT2D eigenvalue weighted by Crippen LogP contribution is -2.11. The van der Waals surface area contributed by atoms with E-state index in [0.717, 1.165) is 12.2 Å². The standard InChI is InChI=1S/C13H21FN2O/c1-8(2)7-16-12-6-13(17-9(3)4)10(14)5-11(12)15/h5-6,8-9,16H,7,15H2,1-4H3. The highest BCUT2D eigenvalue weighted by Crippen LogP contribution is 2.29. The molecule has 0 saturated carbocycles. The van der Waals surface area contributed by atoms with Gasteiger partial charge in [-0.1, -0.05) is 13.8 Å². The van der Waals surface area contributed by atoms with E-state index in [4.69, 9.17) is 10.5 Å². The van der Waals surface area contributed by atoms with Crippen molar-refractivity contribution in [2.24, 2.45) is 5.92 Å². The molecule has 1 aromatic carbocycles. The lowest BCUT2D eigenvalue weighted by atomic mass is 10.2. The van der Waals surface area contributed by atoms with Gasteiger partial charge >= 0.3 is 0 Å². The van der Waals surface area contributed by atoms with Crippen LogP contribution in [0.4, 0.5) is 15.8 Å². The first-order valence-corrected chi connectivity index (χ1v) is 5.89. The molecule has 0 aliphatic carbocycles.